The molecule has 5 nitrogen and oxygen atoms in total. The van der Waals surface area contributed by atoms with Gasteiger partial charge < -0.3 is 20.2 Å². The van der Waals surface area contributed by atoms with Gasteiger partial charge in [-0.25, -0.2) is 4.79 Å². The van der Waals surface area contributed by atoms with E-state index in [0.29, 0.717) is 5.76 Å². The summed E-state index contributed by atoms with van der Waals surface area (Å²) in [6.45, 7) is 3.99. The number of hydrogen-bond acceptors (Lipinski definition) is 3. The van der Waals surface area contributed by atoms with Crippen LogP contribution < -0.4 is 10.6 Å². The van der Waals surface area contributed by atoms with E-state index in [1.807, 2.05) is 0 Å². The molecular weight excluding hydrogens is 256 g/mol. The Labute approximate surface area is 119 Å². The van der Waals surface area contributed by atoms with Crippen molar-refractivity contribution in [3.63, 3.8) is 0 Å². The summed E-state index contributed by atoms with van der Waals surface area (Å²) in [6, 6.07) is 3.44. The Hall–Kier alpha value is -1.49. The summed E-state index contributed by atoms with van der Waals surface area (Å²) in [4.78, 5) is 11.8. The van der Waals surface area contributed by atoms with Crippen LogP contribution in [0.3, 0.4) is 0 Å². The van der Waals surface area contributed by atoms with Gasteiger partial charge >= 0.3 is 6.03 Å². The molecule has 0 bridgehead atoms. The maximum Gasteiger partial charge on any atom is 0.315 e. The van der Waals surface area contributed by atoms with Gasteiger partial charge in [-0.1, -0.05) is 6.92 Å². The second-order valence-electron chi connectivity index (χ2n) is 6.03. The molecule has 3 N–H and O–H groups in total. The Morgan fingerprint density at radius 1 is 1.45 bits per heavy atom. The van der Waals surface area contributed by atoms with Crippen molar-refractivity contribution >= 4 is 6.03 Å². The van der Waals surface area contributed by atoms with Crippen molar-refractivity contribution in [2.24, 2.45) is 5.92 Å². The number of aliphatic hydroxyl groups is 1. The van der Waals surface area contributed by atoms with E-state index in [2.05, 4.69) is 17.6 Å². The van der Waals surface area contributed by atoms with Gasteiger partial charge in [0.2, 0.25) is 0 Å². The van der Waals surface area contributed by atoms with E-state index in [1.165, 1.54) is 6.26 Å². The number of amides is 2. The Bertz CT molecular complexity index is 420. The average Bonchev–Trinajstić information content (AvgIpc) is 2.94. The lowest BCUT2D eigenvalue weighted by molar-refractivity contribution is 0.0366. The van der Waals surface area contributed by atoms with Crippen molar-refractivity contribution < 1.29 is 14.3 Å². The van der Waals surface area contributed by atoms with Gasteiger partial charge in [-0.2, -0.15) is 0 Å². The smallest absolute Gasteiger partial charge is 0.315 e. The minimum Gasteiger partial charge on any atom is -0.466 e. The van der Waals surface area contributed by atoms with Gasteiger partial charge in [-0.05, 0) is 50.7 Å². The summed E-state index contributed by atoms with van der Waals surface area (Å²) < 4.78 is 5.17. The highest BCUT2D eigenvalue weighted by Crippen LogP contribution is 2.23. The zero-order valence-corrected chi connectivity index (χ0v) is 12.2. The van der Waals surface area contributed by atoms with E-state index < -0.39 is 5.60 Å². The molecule has 0 saturated heterocycles. The lowest BCUT2D eigenvalue weighted by atomic mass is 9.87. The largest absolute Gasteiger partial charge is 0.466 e. The maximum atomic E-state index is 11.8. The Kier molecular flexibility index (Phi) is 4.70. The zero-order valence-electron chi connectivity index (χ0n) is 12.2. The lowest BCUT2D eigenvalue weighted by Gasteiger charge is -2.28. The van der Waals surface area contributed by atoms with Crippen LogP contribution in [0.25, 0.3) is 0 Å². The summed E-state index contributed by atoms with van der Waals surface area (Å²) in [5.41, 5.74) is -1.19. The van der Waals surface area contributed by atoms with Crippen LogP contribution in [0.15, 0.2) is 22.8 Å². The molecule has 0 radical (unpaired) electrons. The second kappa shape index (κ2) is 6.31. The molecule has 5 heteroatoms. The molecule has 2 amide bonds. The van der Waals surface area contributed by atoms with E-state index in [4.69, 9.17) is 4.42 Å². The summed E-state index contributed by atoms with van der Waals surface area (Å²) in [5, 5.41) is 15.9. The molecule has 0 spiro atoms. The number of rotatable bonds is 4. The van der Waals surface area contributed by atoms with Gasteiger partial charge in [0, 0.05) is 6.04 Å². The highest BCUT2D eigenvalue weighted by atomic mass is 16.4. The zero-order chi connectivity index (χ0) is 14.6. The number of furan rings is 1. The van der Waals surface area contributed by atoms with Crippen LogP contribution in [0.1, 0.15) is 45.3 Å². The third-order valence-electron chi connectivity index (χ3n) is 4.00. The van der Waals surface area contributed by atoms with Crippen molar-refractivity contribution in [3.8, 4) is 0 Å². The monoisotopic (exact) mass is 280 g/mol. The highest BCUT2D eigenvalue weighted by molar-refractivity contribution is 5.74. The second-order valence-corrected chi connectivity index (χ2v) is 6.03. The molecule has 1 atom stereocenters. The molecule has 0 unspecified atom stereocenters. The highest BCUT2D eigenvalue weighted by Gasteiger charge is 2.27. The molecule has 1 aliphatic rings. The molecule has 1 saturated carbocycles. The number of nitrogens with one attached hydrogen (secondary N) is 2. The molecule has 0 aromatic carbocycles. The molecule has 1 aromatic rings. The summed E-state index contributed by atoms with van der Waals surface area (Å²) in [6.07, 6.45) is 5.89. The first kappa shape index (κ1) is 14.9. The Balaban J connectivity index is 1.75. The first-order valence-corrected chi connectivity index (χ1v) is 7.28. The topological polar surface area (TPSA) is 74.5 Å². The summed E-state index contributed by atoms with van der Waals surface area (Å²) >= 11 is 0. The van der Waals surface area contributed by atoms with E-state index in [0.717, 1.165) is 31.6 Å². The standard InChI is InChI=1S/C15H24N2O3/c1-11-5-7-12(8-6-11)17-14(18)16-10-15(2,19)13-4-3-9-20-13/h3-4,9,11-12,19H,5-8,10H2,1-2H3,(H2,16,17,18)/t11?,12?,15-/m1/s1. The van der Waals surface area contributed by atoms with Crippen molar-refractivity contribution in [3.05, 3.63) is 24.2 Å². The number of carbonyl (C=O) groups excluding carboxylic acids is 1. The predicted molar refractivity (Wildman–Crippen MR) is 76.2 cm³/mol. The first-order valence-electron chi connectivity index (χ1n) is 7.28. The van der Waals surface area contributed by atoms with Crippen LogP contribution in [0.2, 0.25) is 0 Å². The normalized spacial score (nSPS) is 25.8. The molecule has 2 rings (SSSR count). The van der Waals surface area contributed by atoms with Crippen LogP contribution in [-0.2, 0) is 5.60 Å². The minimum absolute atomic E-state index is 0.121. The van der Waals surface area contributed by atoms with Crippen LogP contribution in [0, 0.1) is 5.92 Å². The van der Waals surface area contributed by atoms with Crippen LogP contribution >= 0.6 is 0 Å². The van der Waals surface area contributed by atoms with Crippen molar-refractivity contribution in [1.82, 2.24) is 10.6 Å². The molecule has 112 valence electrons. The van der Waals surface area contributed by atoms with Gasteiger partial charge in [-0.15, -0.1) is 0 Å². The molecular formula is C15H24N2O3. The molecule has 1 fully saturated rings. The van der Waals surface area contributed by atoms with Crippen LogP contribution in [0.5, 0.6) is 0 Å². The Morgan fingerprint density at radius 2 is 2.15 bits per heavy atom. The van der Waals surface area contributed by atoms with Crippen molar-refractivity contribution in [2.45, 2.75) is 51.2 Å². The van der Waals surface area contributed by atoms with E-state index in [1.54, 1.807) is 19.1 Å². The van der Waals surface area contributed by atoms with Gasteiger partial charge in [0.1, 0.15) is 11.4 Å². The molecule has 1 aromatic heterocycles. The van der Waals surface area contributed by atoms with E-state index in [9.17, 15) is 9.90 Å². The fourth-order valence-corrected chi connectivity index (χ4v) is 2.57. The minimum atomic E-state index is -1.19. The quantitative estimate of drug-likeness (QED) is 0.792. The SMILES string of the molecule is CC1CCC(NC(=O)NC[C@@](C)(O)c2ccco2)CC1. The molecule has 1 aliphatic carbocycles. The fraction of sp³-hybridized carbons (Fsp3) is 0.667. The summed E-state index contributed by atoms with van der Waals surface area (Å²) in [7, 11) is 0. The first-order chi connectivity index (χ1) is 9.47. The Morgan fingerprint density at radius 3 is 2.75 bits per heavy atom. The molecule has 1 heterocycles. The molecule has 0 aliphatic heterocycles. The van der Waals surface area contributed by atoms with Gasteiger partial charge in [-0.3, -0.25) is 0 Å². The molecule has 20 heavy (non-hydrogen) atoms. The van der Waals surface area contributed by atoms with E-state index >= 15 is 0 Å². The van der Waals surface area contributed by atoms with Gasteiger partial charge in [0.25, 0.3) is 0 Å². The van der Waals surface area contributed by atoms with Crippen LogP contribution in [-0.4, -0.2) is 23.7 Å². The predicted octanol–water partition coefficient (Wildman–Crippen LogP) is 2.37. The third kappa shape index (κ3) is 4.00. The van der Waals surface area contributed by atoms with Gasteiger partial charge in [0.15, 0.2) is 0 Å². The number of urea groups is 1. The van der Waals surface area contributed by atoms with Crippen LogP contribution in [0.4, 0.5) is 4.79 Å². The number of carbonyl (C=O) groups is 1. The fourth-order valence-electron chi connectivity index (χ4n) is 2.57. The van der Waals surface area contributed by atoms with Crippen molar-refractivity contribution in [2.75, 3.05) is 6.54 Å². The van der Waals surface area contributed by atoms with E-state index in [-0.39, 0.29) is 18.6 Å². The maximum absolute atomic E-state index is 11.8. The lowest BCUT2D eigenvalue weighted by Crippen LogP contribution is -2.47. The third-order valence-corrected chi connectivity index (χ3v) is 4.00. The van der Waals surface area contributed by atoms with Crippen molar-refractivity contribution in [1.29, 1.82) is 0 Å². The van der Waals surface area contributed by atoms with Gasteiger partial charge in [0.05, 0.1) is 12.8 Å². The summed E-state index contributed by atoms with van der Waals surface area (Å²) in [5.74, 6) is 1.21. The number of hydrogen-bond donors (Lipinski definition) is 3. The average molecular weight is 280 g/mol.